The lowest BCUT2D eigenvalue weighted by Crippen LogP contribution is -2.30. The molecule has 0 atom stereocenters. The standard InChI is InChI=1S/C47H35N2.C47H43N2.C41H39N2/c1-32-28-29-43-41-24-12-11-22-39(41)37-20-9-10-21-38(37)40-23-13-14-25-42(40)45(43)44(32)47-48(2)30-31-49(47)46-35(33-16-5-3-6-17-33)26-15-27-36(46)34-18-7-4-8-19-34;1-30(2)42-28-34(33-16-8-7-9-17-33)29-43(31(3)4)46(42)49-27-26-48(6)47(49)44-32(5)24-25-41-39-22-13-12-20-37(39)35-18-10-11-19-36(35)38-21-14-15-23-40(38)45(41)44;1-26(2)29-20-13-21-30(27(3)4)40(29)43-25-24-42(6)41(43)38-28(5)22-23-37-35-18-10-9-16-33(35)31-14-7-8-15-32(31)34-17-11-12-19-36(34)39(37)38/h3-31H,1-2H3;7-31H,1-6H3;7-27H,1-6H3/q3*+1. The zero-order valence-electron chi connectivity index (χ0n) is 83.0. The molecule has 0 radical (unpaired) electrons. The summed E-state index contributed by atoms with van der Waals surface area (Å²) in [4.78, 5) is 0. The van der Waals surface area contributed by atoms with Crippen LogP contribution in [0.2, 0.25) is 0 Å². The molecule has 0 unspecified atom stereocenters. The number of aromatic nitrogens is 6. The van der Waals surface area contributed by atoms with Gasteiger partial charge in [-0.2, -0.15) is 13.7 Å². The number of hydrogen-bond acceptors (Lipinski definition) is 0. The molecule has 0 aliphatic heterocycles. The second-order valence-electron chi connectivity index (χ2n) is 39.5. The molecular formula is C135H117N6+3. The molecule has 0 saturated carbocycles. The molecule has 3 aliphatic carbocycles. The Kier molecular flexibility index (Phi) is 23.9. The van der Waals surface area contributed by atoms with E-state index in [1.807, 2.05) is 0 Å². The van der Waals surface area contributed by atoms with Crippen LogP contribution in [0.15, 0.2) is 431 Å². The van der Waals surface area contributed by atoms with Crippen molar-refractivity contribution < 1.29 is 13.7 Å². The van der Waals surface area contributed by atoms with Crippen molar-refractivity contribution in [3.05, 3.63) is 470 Å². The van der Waals surface area contributed by atoms with Crippen LogP contribution in [0.1, 0.15) is 118 Å². The van der Waals surface area contributed by atoms with E-state index in [0.717, 1.165) is 11.5 Å². The molecule has 6 heteroatoms. The highest BCUT2D eigenvalue weighted by molar-refractivity contribution is 6.11. The van der Waals surface area contributed by atoms with E-state index in [1.54, 1.807) is 0 Å². The molecule has 0 amide bonds. The summed E-state index contributed by atoms with van der Waals surface area (Å²) < 4.78 is 14.3. The molecule has 0 bridgehead atoms. The third-order valence-corrected chi connectivity index (χ3v) is 29.5. The first-order chi connectivity index (χ1) is 68.9. The highest BCUT2D eigenvalue weighted by Gasteiger charge is 2.39. The van der Waals surface area contributed by atoms with Crippen LogP contribution in [0.4, 0.5) is 0 Å². The molecule has 21 aromatic rings. The van der Waals surface area contributed by atoms with Gasteiger partial charge in [0.15, 0.2) is 0 Å². The van der Waals surface area contributed by atoms with Crippen molar-refractivity contribution in [1.29, 1.82) is 0 Å². The number of benzene rings is 18. The predicted octanol–water partition coefficient (Wildman–Crippen LogP) is 34.3. The topological polar surface area (TPSA) is 26.4 Å². The minimum Gasteiger partial charge on any atom is -0.232 e. The fraction of sp³-hybridized carbons (Fsp3) is 0.133. The molecule has 0 N–H and O–H groups in total. The van der Waals surface area contributed by atoms with Gasteiger partial charge in [-0.3, -0.25) is 0 Å². The fourth-order valence-electron chi connectivity index (χ4n) is 22.8. The minimum absolute atomic E-state index is 0.332. The molecule has 24 rings (SSSR count). The maximum Gasteiger partial charge on any atom is 0.294 e. The van der Waals surface area contributed by atoms with Crippen LogP contribution in [-0.2, 0) is 21.1 Å². The summed E-state index contributed by atoms with van der Waals surface area (Å²) >= 11 is 0. The molecule has 18 aromatic carbocycles. The van der Waals surface area contributed by atoms with E-state index in [9.17, 15) is 0 Å². The van der Waals surface area contributed by atoms with E-state index >= 15 is 0 Å². The minimum atomic E-state index is 0.332. The number of nitrogens with zero attached hydrogens (tertiary/aromatic N) is 6. The number of fused-ring (bicyclic) bond motifs is 24. The van der Waals surface area contributed by atoms with Crippen molar-refractivity contribution in [2.75, 3.05) is 0 Å². The summed E-state index contributed by atoms with van der Waals surface area (Å²) in [5, 5.41) is 0. The Bertz CT molecular complexity index is 8280. The first-order valence-corrected chi connectivity index (χ1v) is 50.0. The van der Waals surface area contributed by atoms with Crippen LogP contribution in [0.5, 0.6) is 0 Å². The van der Waals surface area contributed by atoms with Gasteiger partial charge in [0.25, 0.3) is 17.5 Å². The van der Waals surface area contributed by atoms with Crippen LogP contribution < -0.4 is 13.7 Å². The van der Waals surface area contributed by atoms with Gasteiger partial charge in [0.05, 0.1) is 37.8 Å². The van der Waals surface area contributed by atoms with E-state index in [2.05, 4.69) is 556 Å². The largest absolute Gasteiger partial charge is 0.294 e. The number of hydrogen-bond donors (Lipinski definition) is 0. The number of rotatable bonds is 13. The Balaban J connectivity index is 0.000000122. The van der Waals surface area contributed by atoms with Crippen LogP contribution in [0.3, 0.4) is 0 Å². The quantitative estimate of drug-likeness (QED) is 0.103. The van der Waals surface area contributed by atoms with E-state index in [-0.39, 0.29) is 0 Å². The summed E-state index contributed by atoms with van der Waals surface area (Å²) in [6.07, 6.45) is 13.4. The van der Waals surface area contributed by atoms with Crippen molar-refractivity contribution in [2.45, 2.75) is 99.8 Å². The van der Waals surface area contributed by atoms with Gasteiger partial charge in [-0.15, -0.1) is 0 Å². The Hall–Kier alpha value is -16.4. The highest BCUT2D eigenvalue weighted by Crippen LogP contribution is 2.57. The van der Waals surface area contributed by atoms with Gasteiger partial charge in [0.1, 0.15) is 54.2 Å². The van der Waals surface area contributed by atoms with Crippen LogP contribution in [0.25, 0.3) is 218 Å². The summed E-state index contributed by atoms with van der Waals surface area (Å²) in [6, 6.07) is 145. The van der Waals surface area contributed by atoms with Crippen LogP contribution >= 0.6 is 0 Å². The molecule has 3 aromatic heterocycles. The first-order valence-electron chi connectivity index (χ1n) is 50.0. The van der Waals surface area contributed by atoms with Gasteiger partial charge < -0.3 is 0 Å². The lowest BCUT2D eigenvalue weighted by atomic mass is 9.78. The van der Waals surface area contributed by atoms with E-state index in [1.165, 1.54) is 246 Å². The molecule has 0 saturated heterocycles. The molecule has 6 nitrogen and oxygen atoms in total. The van der Waals surface area contributed by atoms with Crippen LogP contribution in [-0.4, -0.2) is 13.7 Å². The van der Waals surface area contributed by atoms with Crippen molar-refractivity contribution in [2.24, 2.45) is 21.1 Å². The van der Waals surface area contributed by atoms with Crippen LogP contribution in [0, 0.1) is 20.8 Å². The van der Waals surface area contributed by atoms with E-state index in [0.29, 0.717) is 23.7 Å². The number of para-hydroxylation sites is 2. The average molecular weight is 1820 g/mol. The maximum absolute atomic E-state index is 2.49. The fourth-order valence-corrected chi connectivity index (χ4v) is 22.8. The molecular weight excluding hydrogens is 1710 g/mol. The van der Waals surface area contributed by atoms with E-state index < -0.39 is 0 Å². The normalized spacial score (nSPS) is 11.7. The van der Waals surface area contributed by atoms with Crippen molar-refractivity contribution in [3.8, 4) is 218 Å². The average Bonchev–Trinajstić information content (AvgIpc) is 1.65. The second kappa shape index (κ2) is 37.5. The van der Waals surface area contributed by atoms with Crippen molar-refractivity contribution in [1.82, 2.24) is 13.7 Å². The molecule has 684 valence electrons. The van der Waals surface area contributed by atoms with Gasteiger partial charge in [-0.05, 0) is 212 Å². The lowest BCUT2D eigenvalue weighted by molar-refractivity contribution is -0.659. The summed E-state index contributed by atoms with van der Waals surface area (Å²) in [5.74, 6) is 4.98. The SMILES string of the molecule is Cc1ccc2c(c1-c1n(-c3c(-c4ccccc4)cccc3-c3ccccc3)cc[n+]1C)-c1ccccc1-c1ccccc1-c1ccccc1-2.Cc1ccc2c(c1-c1n(-c3c(C(C)C)cc(-c4ccccc4)cc3C(C)C)cc[n+]1C)-c1ccccc1-c1ccccc1-c1ccccc1-2.Cc1ccc2c(c1-c1n(-c3c(C(C)C)cccc3C(C)C)cc[n+]1C)-c1ccccc1-c1ccccc1-c1ccccc1-2. The monoisotopic (exact) mass is 1820 g/mol. The zero-order valence-corrected chi connectivity index (χ0v) is 83.0. The zero-order chi connectivity index (χ0) is 96.5. The third-order valence-electron chi connectivity index (χ3n) is 29.5. The Morgan fingerprint density at radius 1 is 0.170 bits per heavy atom. The number of imidazole rings is 3. The maximum atomic E-state index is 2.49. The van der Waals surface area contributed by atoms with Crippen molar-refractivity contribution >= 4 is 0 Å². The van der Waals surface area contributed by atoms with Gasteiger partial charge in [0, 0.05) is 50.1 Å². The Morgan fingerprint density at radius 3 is 0.638 bits per heavy atom. The molecule has 3 aliphatic rings. The summed E-state index contributed by atoms with van der Waals surface area (Å²) in [6.45, 7) is 25.3. The molecule has 0 spiro atoms. The highest BCUT2D eigenvalue weighted by atomic mass is 15.2. The number of aryl methyl sites for hydroxylation is 6. The molecule has 141 heavy (non-hydrogen) atoms. The Labute approximate surface area is 831 Å². The van der Waals surface area contributed by atoms with Gasteiger partial charge in [-0.1, -0.05) is 438 Å². The lowest BCUT2D eigenvalue weighted by Gasteiger charge is -2.25. The Morgan fingerprint density at radius 2 is 0.376 bits per heavy atom. The summed E-state index contributed by atoms with van der Waals surface area (Å²) in [7, 11) is 6.57. The third kappa shape index (κ3) is 15.8. The molecule has 0 fully saturated rings. The van der Waals surface area contributed by atoms with Gasteiger partial charge >= 0.3 is 0 Å². The van der Waals surface area contributed by atoms with Crippen molar-refractivity contribution in [3.63, 3.8) is 0 Å². The first kappa shape index (κ1) is 89.8. The van der Waals surface area contributed by atoms with Gasteiger partial charge in [-0.25, -0.2) is 13.7 Å². The molecule has 3 heterocycles. The summed E-state index contributed by atoms with van der Waals surface area (Å²) in [5.41, 5.74) is 54.4. The van der Waals surface area contributed by atoms with Gasteiger partial charge in [0.2, 0.25) is 0 Å². The second-order valence-corrected chi connectivity index (χ2v) is 39.5. The van der Waals surface area contributed by atoms with E-state index in [4.69, 9.17) is 0 Å². The smallest absolute Gasteiger partial charge is 0.232 e. The predicted molar refractivity (Wildman–Crippen MR) is 590 cm³/mol.